The fraction of sp³-hybridized carbons (Fsp3) is 0.200. The van der Waals surface area contributed by atoms with Gasteiger partial charge in [-0.15, -0.1) is 0 Å². The molecule has 0 atom stereocenters. The Balaban J connectivity index is 0.000000182. The van der Waals surface area contributed by atoms with E-state index in [1.54, 1.807) is 49.8 Å². The van der Waals surface area contributed by atoms with Crippen LogP contribution in [0, 0.1) is 0 Å². The average molecular weight is 570 g/mol. The predicted molar refractivity (Wildman–Crippen MR) is 122 cm³/mol. The minimum atomic E-state index is -1.02. The van der Waals surface area contributed by atoms with E-state index in [4.69, 9.17) is 19.3 Å². The molecule has 168 valence electrons. The number of carbonyl (C=O) groups is 2. The van der Waals surface area contributed by atoms with E-state index in [2.05, 4.69) is 41.8 Å². The topological polar surface area (TPSA) is 117 Å². The van der Waals surface area contributed by atoms with Crippen molar-refractivity contribution >= 4 is 55.1 Å². The molecule has 0 bridgehead atoms. The first-order chi connectivity index (χ1) is 15.3. The number of halogens is 2. The van der Waals surface area contributed by atoms with Gasteiger partial charge < -0.3 is 19.3 Å². The Morgan fingerprint density at radius 2 is 1.38 bits per heavy atom. The molecule has 0 radical (unpaired) electrons. The number of rotatable bonds is 5. The Bertz CT molecular complexity index is 1300. The van der Waals surface area contributed by atoms with Crippen molar-refractivity contribution in [2.75, 3.05) is 20.8 Å². The van der Waals surface area contributed by atoms with Crippen molar-refractivity contribution < 1.29 is 28.9 Å². The molecule has 0 unspecified atom stereocenters. The van der Waals surface area contributed by atoms with Crippen LogP contribution >= 0.6 is 31.9 Å². The van der Waals surface area contributed by atoms with Gasteiger partial charge in [0.2, 0.25) is 0 Å². The van der Waals surface area contributed by atoms with Gasteiger partial charge in [0.1, 0.15) is 22.8 Å². The number of carboxylic acid groups (broad SMARTS) is 1. The van der Waals surface area contributed by atoms with Crippen molar-refractivity contribution in [1.29, 1.82) is 0 Å². The second kappa shape index (κ2) is 10.0. The summed E-state index contributed by atoms with van der Waals surface area (Å²) in [4.78, 5) is 30.7. The van der Waals surface area contributed by atoms with Crippen molar-refractivity contribution in [3.05, 3.63) is 57.3 Å². The van der Waals surface area contributed by atoms with Gasteiger partial charge in [0.15, 0.2) is 11.4 Å². The Labute approximate surface area is 199 Å². The van der Waals surface area contributed by atoms with E-state index in [1.807, 2.05) is 0 Å². The summed E-state index contributed by atoms with van der Waals surface area (Å²) in [7, 11) is 3.12. The van der Waals surface area contributed by atoms with E-state index in [1.165, 1.54) is 16.8 Å². The van der Waals surface area contributed by atoms with Gasteiger partial charge in [0.05, 0.1) is 42.4 Å². The molecule has 0 fully saturated rings. The average Bonchev–Trinajstić information content (AvgIpc) is 3.39. The number of nitrogens with zero attached hydrogens (tertiary/aromatic N) is 4. The molecule has 0 aliphatic heterocycles. The van der Waals surface area contributed by atoms with E-state index in [9.17, 15) is 9.59 Å². The summed E-state index contributed by atoms with van der Waals surface area (Å²) in [6, 6.07) is 6.85. The number of methoxy groups -OCH3 is 2. The molecule has 0 aromatic carbocycles. The largest absolute Gasteiger partial charge is 0.497 e. The summed E-state index contributed by atoms with van der Waals surface area (Å²) in [6.07, 6.45) is 2.79. The monoisotopic (exact) mass is 568 g/mol. The van der Waals surface area contributed by atoms with Crippen molar-refractivity contribution in [2.45, 2.75) is 6.92 Å². The lowest BCUT2D eigenvalue weighted by Gasteiger charge is -2.06. The highest BCUT2D eigenvalue weighted by Gasteiger charge is 2.16. The van der Waals surface area contributed by atoms with Gasteiger partial charge in [-0.1, -0.05) is 0 Å². The normalized spacial score (nSPS) is 10.5. The maximum absolute atomic E-state index is 11.7. The number of pyridine rings is 2. The maximum atomic E-state index is 11.7. The highest BCUT2D eigenvalue weighted by atomic mass is 79.9. The van der Waals surface area contributed by atoms with Crippen LogP contribution in [-0.4, -0.2) is 56.6 Å². The van der Waals surface area contributed by atoms with Gasteiger partial charge in [-0.25, -0.2) is 19.6 Å². The molecule has 0 saturated carbocycles. The van der Waals surface area contributed by atoms with Crippen molar-refractivity contribution in [1.82, 2.24) is 18.8 Å². The van der Waals surface area contributed by atoms with Gasteiger partial charge in [-0.2, -0.15) is 0 Å². The molecule has 0 saturated heterocycles. The molecule has 10 nitrogen and oxygen atoms in total. The van der Waals surface area contributed by atoms with Crippen LogP contribution in [0.3, 0.4) is 0 Å². The summed E-state index contributed by atoms with van der Waals surface area (Å²) in [6.45, 7) is 2.10. The molecule has 12 heteroatoms. The van der Waals surface area contributed by atoms with Gasteiger partial charge in [0.25, 0.3) is 0 Å². The lowest BCUT2D eigenvalue weighted by molar-refractivity contribution is 0.0517. The second-order valence-corrected chi connectivity index (χ2v) is 7.76. The highest BCUT2D eigenvalue weighted by molar-refractivity contribution is 9.10. The van der Waals surface area contributed by atoms with Crippen molar-refractivity contribution in [3.63, 3.8) is 0 Å². The number of aromatic nitrogens is 4. The standard InChI is InChI=1S/C11H11BrN2O3.C9H7BrN2O3/c1-3-17-11(15)8-6-13-10-5-7(16-2)4-9(12)14(8)10;1-15-5-2-7(10)12-6(9(13)14)4-11-8(12)3-5/h4-6H,3H2,1-2H3;2-4H,1H3,(H,13,14). The minimum absolute atomic E-state index is 0.111. The zero-order valence-electron chi connectivity index (χ0n) is 17.2. The number of esters is 1. The van der Waals surface area contributed by atoms with E-state index >= 15 is 0 Å². The third kappa shape index (κ3) is 4.70. The molecule has 0 spiro atoms. The zero-order valence-corrected chi connectivity index (χ0v) is 20.4. The first-order valence-electron chi connectivity index (χ1n) is 9.13. The number of hydrogen-bond donors (Lipinski definition) is 1. The zero-order chi connectivity index (χ0) is 23.4. The molecule has 0 aliphatic rings. The van der Waals surface area contributed by atoms with Crippen LogP contribution in [0.5, 0.6) is 11.5 Å². The molecule has 1 N–H and O–H groups in total. The van der Waals surface area contributed by atoms with Crippen LogP contribution in [-0.2, 0) is 4.74 Å². The van der Waals surface area contributed by atoms with Crippen LogP contribution in [0.2, 0.25) is 0 Å². The number of hydrogen-bond acceptors (Lipinski definition) is 7. The van der Waals surface area contributed by atoms with Gasteiger partial charge in [0, 0.05) is 24.3 Å². The molecule has 4 aromatic rings. The highest BCUT2D eigenvalue weighted by Crippen LogP contribution is 2.24. The molecule has 4 heterocycles. The third-order valence-corrected chi connectivity index (χ3v) is 5.41. The van der Waals surface area contributed by atoms with Crippen LogP contribution in [0.15, 0.2) is 45.9 Å². The number of ether oxygens (including phenoxy) is 3. The number of carboxylic acids is 1. The molecular weight excluding hydrogens is 552 g/mol. The van der Waals surface area contributed by atoms with Crippen LogP contribution < -0.4 is 9.47 Å². The molecule has 32 heavy (non-hydrogen) atoms. The number of carbonyl (C=O) groups excluding carboxylic acids is 1. The Hall–Kier alpha value is -3.12. The first kappa shape index (κ1) is 23.5. The van der Waals surface area contributed by atoms with E-state index in [-0.39, 0.29) is 5.69 Å². The first-order valence-corrected chi connectivity index (χ1v) is 10.7. The summed E-state index contributed by atoms with van der Waals surface area (Å²) < 4.78 is 19.6. The number of imidazole rings is 2. The molecule has 4 rings (SSSR count). The summed E-state index contributed by atoms with van der Waals surface area (Å²) in [5.41, 5.74) is 1.65. The Morgan fingerprint density at radius 3 is 1.81 bits per heavy atom. The molecule has 4 aromatic heterocycles. The summed E-state index contributed by atoms with van der Waals surface area (Å²) in [5.74, 6) is -0.124. The van der Waals surface area contributed by atoms with Crippen molar-refractivity contribution in [2.24, 2.45) is 0 Å². The predicted octanol–water partition coefficient (Wildman–Crippen LogP) is 4.09. The molecular formula is C20H18Br2N4O6. The van der Waals surface area contributed by atoms with Gasteiger partial charge >= 0.3 is 11.9 Å². The molecule has 0 amide bonds. The van der Waals surface area contributed by atoms with Crippen LogP contribution in [0.1, 0.15) is 27.9 Å². The molecule has 0 aliphatic carbocycles. The number of aromatic carboxylic acids is 1. The van der Waals surface area contributed by atoms with E-state index in [0.29, 0.717) is 44.3 Å². The van der Waals surface area contributed by atoms with Crippen molar-refractivity contribution in [3.8, 4) is 11.5 Å². The minimum Gasteiger partial charge on any atom is -0.497 e. The second-order valence-electron chi connectivity index (χ2n) is 6.14. The fourth-order valence-electron chi connectivity index (χ4n) is 2.82. The maximum Gasteiger partial charge on any atom is 0.357 e. The fourth-order valence-corrected chi connectivity index (χ4v) is 4.02. The van der Waals surface area contributed by atoms with Crippen LogP contribution in [0.25, 0.3) is 11.3 Å². The number of fused-ring (bicyclic) bond motifs is 2. The SMILES string of the molecule is CCOC(=O)c1cnc2cc(OC)cc(Br)n12.COc1cc(Br)n2c(C(=O)O)cnc2c1. The Kier molecular flexibility index (Phi) is 7.36. The van der Waals surface area contributed by atoms with Gasteiger partial charge in [-0.05, 0) is 38.8 Å². The summed E-state index contributed by atoms with van der Waals surface area (Å²) >= 11 is 6.64. The van der Waals surface area contributed by atoms with E-state index in [0.717, 1.165) is 0 Å². The lowest BCUT2D eigenvalue weighted by atomic mass is 10.4. The smallest absolute Gasteiger partial charge is 0.357 e. The quantitative estimate of drug-likeness (QED) is 0.282. The van der Waals surface area contributed by atoms with E-state index < -0.39 is 11.9 Å². The van der Waals surface area contributed by atoms with Gasteiger partial charge in [-0.3, -0.25) is 8.80 Å². The third-order valence-electron chi connectivity index (χ3n) is 4.25. The van der Waals surface area contributed by atoms with Crippen LogP contribution in [0.4, 0.5) is 0 Å². The summed E-state index contributed by atoms with van der Waals surface area (Å²) in [5, 5.41) is 8.91. The lowest BCUT2D eigenvalue weighted by Crippen LogP contribution is -2.08. The Morgan fingerprint density at radius 1 is 0.906 bits per heavy atom.